The fourth-order valence-electron chi connectivity index (χ4n) is 2.24. The number of aryl methyl sites for hydroxylation is 1. The largest absolute Gasteiger partial charge is 0.315 e. The van der Waals surface area contributed by atoms with Gasteiger partial charge in [-0.25, -0.2) is 13.1 Å². The van der Waals surface area contributed by atoms with Gasteiger partial charge in [0.2, 0.25) is 10.0 Å². The molecule has 1 aromatic rings. The Hall–Kier alpha value is -0.430. The highest BCUT2D eigenvalue weighted by molar-refractivity contribution is 7.89. The van der Waals surface area contributed by atoms with E-state index < -0.39 is 10.0 Å². The lowest BCUT2D eigenvalue weighted by atomic mass is 10.1. The zero-order valence-corrected chi connectivity index (χ0v) is 15.0. The van der Waals surface area contributed by atoms with Gasteiger partial charge in [-0.3, -0.25) is 0 Å². The molecule has 122 valence electrons. The molecule has 0 saturated carbocycles. The number of hydrogen-bond donors (Lipinski definition) is 2. The molecule has 0 aliphatic carbocycles. The van der Waals surface area contributed by atoms with Gasteiger partial charge < -0.3 is 5.32 Å². The van der Waals surface area contributed by atoms with E-state index >= 15 is 0 Å². The van der Waals surface area contributed by atoms with Crippen LogP contribution in [0.4, 0.5) is 0 Å². The normalized spacial score (nSPS) is 12.0. The number of sulfonamides is 1. The van der Waals surface area contributed by atoms with Gasteiger partial charge in [0.25, 0.3) is 0 Å². The van der Waals surface area contributed by atoms with Gasteiger partial charge in [0, 0.05) is 22.8 Å². The highest BCUT2D eigenvalue weighted by atomic mass is 32.2. The Morgan fingerprint density at radius 1 is 1.14 bits per heavy atom. The van der Waals surface area contributed by atoms with Crippen molar-refractivity contribution in [3.8, 4) is 0 Å². The third-order valence-electron chi connectivity index (χ3n) is 3.39. The van der Waals surface area contributed by atoms with Gasteiger partial charge in [-0.2, -0.15) is 0 Å². The topological polar surface area (TPSA) is 58.2 Å². The molecule has 0 spiro atoms. The molecule has 0 unspecified atom stereocenters. The van der Waals surface area contributed by atoms with Gasteiger partial charge in [-0.05, 0) is 26.5 Å². The summed E-state index contributed by atoms with van der Waals surface area (Å²) in [6.45, 7) is 5.30. The summed E-state index contributed by atoms with van der Waals surface area (Å²) in [6, 6.07) is 1.78. The molecule has 0 aliphatic heterocycles. The number of nitrogens with one attached hydrogen (secondary N) is 2. The lowest BCUT2D eigenvalue weighted by molar-refractivity contribution is 0.567. The summed E-state index contributed by atoms with van der Waals surface area (Å²) < 4.78 is 27.3. The van der Waals surface area contributed by atoms with Crippen LogP contribution in [0.1, 0.15) is 55.2 Å². The van der Waals surface area contributed by atoms with E-state index in [1.807, 2.05) is 14.0 Å². The Morgan fingerprint density at radius 3 is 2.48 bits per heavy atom. The Bertz CT molecular complexity index is 510. The van der Waals surface area contributed by atoms with Gasteiger partial charge in [0.05, 0.1) is 4.90 Å². The molecule has 0 aromatic carbocycles. The second-order valence-corrected chi connectivity index (χ2v) is 8.41. The fraction of sp³-hybridized carbons (Fsp3) is 0.733. The highest BCUT2D eigenvalue weighted by Gasteiger charge is 2.19. The molecule has 21 heavy (non-hydrogen) atoms. The van der Waals surface area contributed by atoms with Crippen LogP contribution in [0, 0.1) is 6.92 Å². The molecule has 0 bridgehead atoms. The average molecular weight is 333 g/mol. The zero-order chi connectivity index (χ0) is 15.7. The molecule has 0 saturated heterocycles. The van der Waals surface area contributed by atoms with E-state index in [-0.39, 0.29) is 0 Å². The summed E-state index contributed by atoms with van der Waals surface area (Å²) in [5, 5.41) is 3.05. The molecular weight excluding hydrogens is 304 g/mol. The summed E-state index contributed by atoms with van der Waals surface area (Å²) >= 11 is 1.54. The van der Waals surface area contributed by atoms with Crippen LogP contribution in [0.3, 0.4) is 0 Å². The summed E-state index contributed by atoms with van der Waals surface area (Å²) in [5.41, 5.74) is 0. The zero-order valence-electron chi connectivity index (χ0n) is 13.4. The maximum absolute atomic E-state index is 12.3. The van der Waals surface area contributed by atoms with Crippen LogP contribution < -0.4 is 10.0 Å². The number of hydrogen-bond acceptors (Lipinski definition) is 4. The molecule has 0 fully saturated rings. The third-order valence-corrected chi connectivity index (χ3v) is 6.15. The standard InChI is InChI=1S/C15H28N2O2S2/c1-4-5-6-7-8-9-10-17-21(18,19)15-11-14(12-16-3)20-13(15)2/h11,16-17H,4-10,12H2,1-3H3. The number of thiophene rings is 1. The maximum Gasteiger partial charge on any atom is 0.241 e. The summed E-state index contributed by atoms with van der Waals surface area (Å²) in [6.07, 6.45) is 6.96. The predicted molar refractivity (Wildman–Crippen MR) is 90.4 cm³/mol. The van der Waals surface area contributed by atoms with Crippen LogP contribution in [-0.2, 0) is 16.6 Å². The second kappa shape index (κ2) is 9.56. The van der Waals surface area contributed by atoms with Crippen molar-refractivity contribution in [3.63, 3.8) is 0 Å². The van der Waals surface area contributed by atoms with E-state index in [1.54, 1.807) is 6.07 Å². The Kier molecular flexibility index (Phi) is 8.48. The van der Waals surface area contributed by atoms with Crippen molar-refractivity contribution in [3.05, 3.63) is 15.8 Å². The minimum Gasteiger partial charge on any atom is -0.315 e. The minimum atomic E-state index is -3.35. The van der Waals surface area contributed by atoms with E-state index in [0.29, 0.717) is 18.0 Å². The SMILES string of the molecule is CCCCCCCCNS(=O)(=O)c1cc(CNC)sc1C. The molecule has 2 N–H and O–H groups in total. The third kappa shape index (κ3) is 6.46. The van der Waals surface area contributed by atoms with Gasteiger partial charge >= 0.3 is 0 Å². The van der Waals surface area contributed by atoms with Crippen molar-refractivity contribution in [1.29, 1.82) is 0 Å². The Balaban J connectivity index is 2.43. The molecule has 1 aromatic heterocycles. The van der Waals surface area contributed by atoms with Crippen LogP contribution in [0.25, 0.3) is 0 Å². The van der Waals surface area contributed by atoms with Crippen molar-refractivity contribution in [2.45, 2.75) is 63.8 Å². The van der Waals surface area contributed by atoms with Crippen LogP contribution in [0.15, 0.2) is 11.0 Å². The molecule has 0 radical (unpaired) electrons. The monoisotopic (exact) mass is 332 g/mol. The first kappa shape index (κ1) is 18.6. The van der Waals surface area contributed by atoms with E-state index in [4.69, 9.17) is 0 Å². The fourth-order valence-corrected chi connectivity index (χ4v) is 4.96. The smallest absolute Gasteiger partial charge is 0.241 e. The van der Waals surface area contributed by atoms with E-state index in [1.165, 1.54) is 37.0 Å². The van der Waals surface area contributed by atoms with Gasteiger partial charge in [0.15, 0.2) is 0 Å². The van der Waals surface area contributed by atoms with Gasteiger partial charge in [0.1, 0.15) is 0 Å². The lowest BCUT2D eigenvalue weighted by Gasteiger charge is -2.06. The quantitative estimate of drug-likeness (QED) is 0.611. The summed E-state index contributed by atoms with van der Waals surface area (Å²) in [5.74, 6) is 0. The van der Waals surface area contributed by atoms with Crippen molar-refractivity contribution in [2.75, 3.05) is 13.6 Å². The van der Waals surface area contributed by atoms with E-state index in [2.05, 4.69) is 17.0 Å². The van der Waals surface area contributed by atoms with Crippen LogP contribution in [0.2, 0.25) is 0 Å². The number of unbranched alkanes of at least 4 members (excludes halogenated alkanes) is 5. The van der Waals surface area contributed by atoms with Crippen molar-refractivity contribution in [1.82, 2.24) is 10.0 Å². The molecule has 1 heterocycles. The van der Waals surface area contributed by atoms with E-state index in [9.17, 15) is 8.42 Å². The summed E-state index contributed by atoms with van der Waals surface area (Å²) in [7, 11) is -1.49. The maximum atomic E-state index is 12.3. The van der Waals surface area contributed by atoms with E-state index in [0.717, 1.165) is 22.6 Å². The molecule has 0 aliphatic rings. The highest BCUT2D eigenvalue weighted by Crippen LogP contribution is 2.25. The molecule has 6 heteroatoms. The summed E-state index contributed by atoms with van der Waals surface area (Å²) in [4.78, 5) is 2.34. The van der Waals surface area contributed by atoms with Crippen LogP contribution in [-0.4, -0.2) is 22.0 Å². The van der Waals surface area contributed by atoms with Crippen molar-refractivity contribution >= 4 is 21.4 Å². The first-order valence-corrected chi connectivity index (χ1v) is 10.0. The minimum absolute atomic E-state index is 0.434. The van der Waals surface area contributed by atoms with Gasteiger partial charge in [-0.1, -0.05) is 39.0 Å². The predicted octanol–water partition coefficient (Wildman–Crippen LogP) is 3.41. The molecule has 0 amide bonds. The first-order chi connectivity index (χ1) is 10.0. The molecule has 4 nitrogen and oxygen atoms in total. The molecule has 0 atom stereocenters. The Morgan fingerprint density at radius 2 is 1.81 bits per heavy atom. The molecule has 1 rings (SSSR count). The van der Waals surface area contributed by atoms with Crippen molar-refractivity contribution < 1.29 is 8.42 Å². The molecular formula is C15H28N2O2S2. The second-order valence-electron chi connectivity index (χ2n) is 5.33. The van der Waals surface area contributed by atoms with Crippen LogP contribution in [0.5, 0.6) is 0 Å². The lowest BCUT2D eigenvalue weighted by Crippen LogP contribution is -2.25. The first-order valence-electron chi connectivity index (χ1n) is 7.74. The van der Waals surface area contributed by atoms with Crippen LogP contribution >= 0.6 is 11.3 Å². The Labute approximate surface area is 133 Å². The average Bonchev–Trinajstić information content (AvgIpc) is 2.80. The van der Waals surface area contributed by atoms with Gasteiger partial charge in [-0.15, -0.1) is 11.3 Å². The number of rotatable bonds is 11. The van der Waals surface area contributed by atoms with Crippen molar-refractivity contribution in [2.24, 2.45) is 0 Å².